The number of hydrogen-bond donors (Lipinski definition) is 4. The van der Waals surface area contributed by atoms with Crippen molar-refractivity contribution in [2.24, 2.45) is 0 Å². The van der Waals surface area contributed by atoms with E-state index in [1.54, 1.807) is 12.1 Å². The van der Waals surface area contributed by atoms with E-state index in [0.29, 0.717) is 6.04 Å². The van der Waals surface area contributed by atoms with E-state index < -0.39 is 0 Å². The maximum absolute atomic E-state index is 10.1. The highest BCUT2D eigenvalue weighted by atomic mass is 16.3. The molecule has 0 fully saturated rings. The van der Waals surface area contributed by atoms with Crippen molar-refractivity contribution in [1.82, 2.24) is 4.90 Å². The van der Waals surface area contributed by atoms with Gasteiger partial charge in [-0.25, -0.2) is 0 Å². The van der Waals surface area contributed by atoms with Crippen molar-refractivity contribution in [2.75, 3.05) is 6.54 Å². The number of hydrogen-bond acceptors (Lipinski definition) is 5. The number of benzene rings is 3. The Hall–Kier alpha value is -2.66. The first-order valence-electron chi connectivity index (χ1n) is 9.03. The van der Waals surface area contributed by atoms with Crippen molar-refractivity contribution in [3.8, 4) is 23.0 Å². The van der Waals surface area contributed by atoms with Crippen LogP contribution in [0.3, 0.4) is 0 Å². The maximum atomic E-state index is 10.1. The summed E-state index contributed by atoms with van der Waals surface area (Å²) < 4.78 is 0. The fourth-order valence-corrected chi connectivity index (χ4v) is 4.31. The van der Waals surface area contributed by atoms with Crippen molar-refractivity contribution >= 4 is 21.5 Å². The lowest BCUT2D eigenvalue weighted by atomic mass is 9.84. The maximum Gasteiger partial charge on any atom is 0.158 e. The zero-order chi connectivity index (χ0) is 18.6. The minimum absolute atomic E-state index is 0.145. The zero-order valence-corrected chi connectivity index (χ0v) is 15.0. The predicted molar refractivity (Wildman–Crippen MR) is 102 cm³/mol. The average molecular weight is 353 g/mol. The quantitative estimate of drug-likeness (QED) is 0.414. The van der Waals surface area contributed by atoms with E-state index in [2.05, 4.69) is 18.7 Å². The van der Waals surface area contributed by atoms with Crippen molar-refractivity contribution < 1.29 is 20.4 Å². The van der Waals surface area contributed by atoms with Crippen LogP contribution in [0.2, 0.25) is 0 Å². The lowest BCUT2D eigenvalue weighted by Crippen LogP contribution is -2.39. The van der Waals surface area contributed by atoms with E-state index >= 15 is 0 Å². The fourth-order valence-electron chi connectivity index (χ4n) is 4.31. The first-order chi connectivity index (χ1) is 12.4. The van der Waals surface area contributed by atoms with Gasteiger partial charge in [0.15, 0.2) is 23.0 Å². The molecular formula is C21H23NO4. The Morgan fingerprint density at radius 3 is 1.69 bits per heavy atom. The van der Waals surface area contributed by atoms with Gasteiger partial charge in [-0.3, -0.25) is 4.90 Å². The summed E-state index contributed by atoms with van der Waals surface area (Å²) >= 11 is 0. The highest BCUT2D eigenvalue weighted by Gasteiger charge is 2.28. The number of likely N-dealkylation sites (N-methyl/N-ethyl adjacent to an activating group) is 1. The molecule has 1 aliphatic heterocycles. The molecule has 0 amide bonds. The molecule has 3 aromatic carbocycles. The number of rotatable bonds is 2. The molecule has 1 atom stereocenters. The number of aromatic hydroxyl groups is 4. The second-order valence-electron chi connectivity index (χ2n) is 7.06. The monoisotopic (exact) mass is 353 g/mol. The van der Waals surface area contributed by atoms with Crippen LogP contribution in [0.25, 0.3) is 21.5 Å². The molecule has 5 heteroatoms. The predicted octanol–water partition coefficient (Wildman–Crippen LogP) is 3.97. The summed E-state index contributed by atoms with van der Waals surface area (Å²) in [4.78, 5) is 2.41. The second kappa shape index (κ2) is 5.95. The standard InChI is InChI=1S/C21H23NO4/c1-3-11-5-12-13-6-18(23)19(24)7-14(13)15-8-20(25)21(26)9-16(15)17(12)10-22(11)4-2/h6-9,11,23-26H,3-5,10H2,1-2H3. The molecule has 0 spiro atoms. The lowest BCUT2D eigenvalue weighted by molar-refractivity contribution is 0.178. The minimum atomic E-state index is -0.194. The van der Waals surface area contributed by atoms with Gasteiger partial charge >= 0.3 is 0 Å². The highest BCUT2D eigenvalue weighted by Crippen LogP contribution is 2.44. The Labute approximate surface area is 151 Å². The van der Waals surface area contributed by atoms with Gasteiger partial charge in [-0.05, 0) is 76.3 Å². The van der Waals surface area contributed by atoms with Crippen molar-refractivity contribution in [1.29, 1.82) is 0 Å². The summed E-state index contributed by atoms with van der Waals surface area (Å²) in [6.45, 7) is 6.00. The average Bonchev–Trinajstić information content (AvgIpc) is 2.63. The summed E-state index contributed by atoms with van der Waals surface area (Å²) in [5, 5.41) is 43.4. The second-order valence-corrected chi connectivity index (χ2v) is 7.06. The smallest absolute Gasteiger partial charge is 0.158 e. The van der Waals surface area contributed by atoms with Crippen LogP contribution in [0.15, 0.2) is 24.3 Å². The summed E-state index contributed by atoms with van der Waals surface area (Å²) in [6.07, 6.45) is 1.87. The van der Waals surface area contributed by atoms with E-state index in [9.17, 15) is 20.4 Å². The van der Waals surface area contributed by atoms with Gasteiger partial charge in [-0.2, -0.15) is 0 Å². The van der Waals surface area contributed by atoms with Crippen LogP contribution in [-0.4, -0.2) is 37.9 Å². The lowest BCUT2D eigenvalue weighted by Gasteiger charge is -2.37. The molecule has 4 rings (SSSR count). The largest absolute Gasteiger partial charge is 0.504 e. The normalized spacial score (nSPS) is 17.7. The van der Waals surface area contributed by atoms with Gasteiger partial charge in [-0.15, -0.1) is 0 Å². The van der Waals surface area contributed by atoms with E-state index in [1.807, 2.05) is 0 Å². The van der Waals surface area contributed by atoms with Crippen LogP contribution in [0, 0.1) is 0 Å². The molecule has 26 heavy (non-hydrogen) atoms. The van der Waals surface area contributed by atoms with Gasteiger partial charge in [0.2, 0.25) is 0 Å². The Kier molecular flexibility index (Phi) is 3.84. The molecule has 0 radical (unpaired) electrons. The van der Waals surface area contributed by atoms with E-state index in [-0.39, 0.29) is 23.0 Å². The molecule has 136 valence electrons. The van der Waals surface area contributed by atoms with Crippen LogP contribution in [0.1, 0.15) is 31.4 Å². The summed E-state index contributed by atoms with van der Waals surface area (Å²) in [5.41, 5.74) is 2.25. The minimum Gasteiger partial charge on any atom is -0.504 e. The molecule has 0 aliphatic carbocycles. The van der Waals surface area contributed by atoms with E-state index in [1.165, 1.54) is 12.1 Å². The molecular weight excluding hydrogens is 330 g/mol. The summed E-state index contributed by atoms with van der Waals surface area (Å²) in [7, 11) is 0. The Bertz CT molecular complexity index is 945. The zero-order valence-electron chi connectivity index (χ0n) is 15.0. The number of phenols is 4. The molecule has 0 aromatic heterocycles. The molecule has 5 nitrogen and oxygen atoms in total. The van der Waals surface area contributed by atoms with Crippen LogP contribution >= 0.6 is 0 Å². The van der Waals surface area contributed by atoms with Gasteiger partial charge in [0.1, 0.15) is 0 Å². The van der Waals surface area contributed by atoms with Gasteiger partial charge in [0, 0.05) is 12.6 Å². The highest BCUT2D eigenvalue weighted by molar-refractivity contribution is 6.12. The topological polar surface area (TPSA) is 84.2 Å². The van der Waals surface area contributed by atoms with Crippen LogP contribution in [0.4, 0.5) is 0 Å². The molecule has 0 saturated carbocycles. The molecule has 1 aliphatic rings. The molecule has 4 N–H and O–H groups in total. The van der Waals surface area contributed by atoms with Gasteiger partial charge < -0.3 is 20.4 Å². The van der Waals surface area contributed by atoms with Gasteiger partial charge in [-0.1, -0.05) is 13.8 Å². The third-order valence-electron chi connectivity index (χ3n) is 5.73. The SMILES string of the molecule is CCC1Cc2c(c3cc(O)c(O)cc3c3cc(O)c(O)cc23)CN1CC. The van der Waals surface area contributed by atoms with E-state index in [4.69, 9.17) is 0 Å². The molecule has 0 bridgehead atoms. The van der Waals surface area contributed by atoms with Crippen molar-refractivity contribution in [2.45, 2.75) is 39.3 Å². The van der Waals surface area contributed by atoms with Crippen LogP contribution in [0.5, 0.6) is 23.0 Å². The molecule has 0 saturated heterocycles. The van der Waals surface area contributed by atoms with Crippen LogP contribution in [-0.2, 0) is 13.0 Å². The van der Waals surface area contributed by atoms with Crippen molar-refractivity contribution in [3.63, 3.8) is 0 Å². The van der Waals surface area contributed by atoms with Crippen LogP contribution < -0.4 is 0 Å². The third-order valence-corrected chi connectivity index (χ3v) is 5.73. The number of phenolic OH excluding ortho intramolecular Hbond substituents is 4. The van der Waals surface area contributed by atoms with Gasteiger partial charge in [0.05, 0.1) is 0 Å². The van der Waals surface area contributed by atoms with Gasteiger partial charge in [0.25, 0.3) is 0 Å². The number of nitrogens with zero attached hydrogens (tertiary/aromatic N) is 1. The van der Waals surface area contributed by atoms with E-state index in [0.717, 1.165) is 58.6 Å². The molecule has 1 unspecified atom stereocenters. The number of fused-ring (bicyclic) bond motifs is 6. The Balaban J connectivity index is 2.15. The fraction of sp³-hybridized carbons (Fsp3) is 0.333. The summed E-state index contributed by atoms with van der Waals surface area (Å²) in [5.74, 6) is -0.680. The van der Waals surface area contributed by atoms with Crippen molar-refractivity contribution in [3.05, 3.63) is 35.4 Å². The first kappa shape index (κ1) is 16.8. The summed E-state index contributed by atoms with van der Waals surface area (Å²) in [6, 6.07) is 6.70. The third kappa shape index (κ3) is 2.35. The Morgan fingerprint density at radius 2 is 1.23 bits per heavy atom. The Morgan fingerprint density at radius 1 is 0.769 bits per heavy atom. The molecule has 1 heterocycles. The molecule has 3 aromatic rings. The first-order valence-corrected chi connectivity index (χ1v) is 9.03.